The highest BCUT2D eigenvalue weighted by molar-refractivity contribution is 5.69. The zero-order valence-corrected chi connectivity index (χ0v) is 36.3. The third-order valence-corrected chi connectivity index (χ3v) is 11.2. The summed E-state index contributed by atoms with van der Waals surface area (Å²) in [5.74, 6) is -0.140. The van der Waals surface area contributed by atoms with E-state index in [1.807, 2.05) is 14.1 Å². The maximum atomic E-state index is 12.3. The summed E-state index contributed by atoms with van der Waals surface area (Å²) in [5.41, 5.74) is 0. The van der Waals surface area contributed by atoms with Gasteiger partial charge in [-0.1, -0.05) is 206 Å². The molecule has 0 aliphatic carbocycles. The van der Waals surface area contributed by atoms with Gasteiger partial charge in [0.25, 0.3) is 0 Å². The average Bonchev–Trinajstić information content (AvgIpc) is 3.54. The average molecular weight is 752 g/mol. The number of ether oxygens (including phenoxy) is 4. The fraction of sp³-hybridized carbons (Fsp3) is 0.979. The van der Waals surface area contributed by atoms with Gasteiger partial charge in [0.1, 0.15) is 12.7 Å². The van der Waals surface area contributed by atoms with Gasteiger partial charge >= 0.3 is 5.97 Å². The lowest BCUT2D eigenvalue weighted by Crippen LogP contribution is -2.28. The number of rotatable bonds is 42. The Morgan fingerprint density at radius 1 is 0.509 bits per heavy atom. The van der Waals surface area contributed by atoms with E-state index in [2.05, 4.69) is 18.7 Å². The van der Waals surface area contributed by atoms with Crippen LogP contribution < -0.4 is 0 Å². The topological polar surface area (TPSA) is 57.2 Å². The molecule has 0 amide bonds. The predicted molar refractivity (Wildman–Crippen MR) is 227 cm³/mol. The Kier molecular flexibility index (Phi) is 37.5. The minimum Gasteiger partial charge on any atom is -0.463 e. The maximum absolute atomic E-state index is 12.3. The number of hydrogen-bond donors (Lipinski definition) is 0. The molecule has 1 heterocycles. The van der Waals surface area contributed by atoms with Crippen molar-refractivity contribution in [3.8, 4) is 0 Å². The highest BCUT2D eigenvalue weighted by Gasteiger charge is 2.37. The summed E-state index contributed by atoms with van der Waals surface area (Å²) < 4.78 is 24.4. The Morgan fingerprint density at radius 3 is 1.25 bits per heavy atom. The minimum atomic E-state index is -0.357. The van der Waals surface area contributed by atoms with Gasteiger partial charge < -0.3 is 23.8 Å². The minimum absolute atomic E-state index is 0.0789. The van der Waals surface area contributed by atoms with E-state index in [1.54, 1.807) is 0 Å². The Morgan fingerprint density at radius 2 is 0.868 bits per heavy atom. The van der Waals surface area contributed by atoms with E-state index in [4.69, 9.17) is 18.9 Å². The van der Waals surface area contributed by atoms with E-state index in [-0.39, 0.29) is 24.5 Å². The molecule has 0 aromatic rings. The smallest absolute Gasteiger partial charge is 0.305 e. The summed E-state index contributed by atoms with van der Waals surface area (Å²) in [7, 11) is 4.05. The third-order valence-electron chi connectivity index (χ3n) is 11.2. The lowest BCUT2D eigenvalue weighted by atomic mass is 10.0. The van der Waals surface area contributed by atoms with Gasteiger partial charge in [-0.2, -0.15) is 0 Å². The molecule has 1 rings (SSSR count). The Labute approximate surface area is 331 Å². The molecule has 6 nitrogen and oxygen atoms in total. The van der Waals surface area contributed by atoms with E-state index < -0.39 is 0 Å². The normalized spacial score (nSPS) is 17.3. The summed E-state index contributed by atoms with van der Waals surface area (Å²) in [6, 6.07) is 0. The first-order valence-corrected chi connectivity index (χ1v) is 23.8. The molecule has 0 radical (unpaired) electrons. The van der Waals surface area contributed by atoms with E-state index >= 15 is 0 Å². The van der Waals surface area contributed by atoms with E-state index in [1.165, 1.54) is 193 Å². The number of carbonyl (C=O) groups excluding carboxylic acids is 1. The van der Waals surface area contributed by atoms with E-state index in [9.17, 15) is 4.79 Å². The molecule has 1 fully saturated rings. The summed E-state index contributed by atoms with van der Waals surface area (Å²) in [5, 5.41) is 0. The number of nitrogens with zero attached hydrogens (tertiary/aromatic N) is 1. The van der Waals surface area contributed by atoms with Gasteiger partial charge in [-0.25, -0.2) is 0 Å². The molecule has 1 saturated heterocycles. The predicted octanol–water partition coefficient (Wildman–Crippen LogP) is 13.9. The third kappa shape index (κ3) is 34.3. The molecule has 0 spiro atoms. The van der Waals surface area contributed by atoms with Crippen molar-refractivity contribution in [2.75, 3.05) is 40.5 Å². The molecular weight excluding hydrogens is 659 g/mol. The molecular formula is C47H93NO5. The highest BCUT2D eigenvalue weighted by Crippen LogP contribution is 2.26. The van der Waals surface area contributed by atoms with Crippen molar-refractivity contribution >= 4 is 5.97 Å². The summed E-state index contributed by atoms with van der Waals surface area (Å²) in [6.45, 7) is 7.23. The van der Waals surface area contributed by atoms with Crippen molar-refractivity contribution in [2.45, 2.75) is 257 Å². The van der Waals surface area contributed by atoms with E-state index in [0.717, 1.165) is 38.8 Å². The van der Waals surface area contributed by atoms with Crippen LogP contribution in [0.5, 0.6) is 0 Å². The fourth-order valence-electron chi connectivity index (χ4n) is 7.64. The fourth-order valence-corrected chi connectivity index (χ4v) is 7.64. The standard InChI is InChI=1S/C47H93NO5/c1-5-7-9-11-13-15-17-19-21-23-25-27-29-31-33-35-40-50-45-42-44(43-52-46(49)38-37-39-48(3)4)53-47(45)51-41-36-34-32-30-28-26-24-22-20-18-16-14-12-10-8-6-2/h44-45,47H,5-43H2,1-4H3/t44-,45-,47+/m0/s1. The molecule has 316 valence electrons. The van der Waals surface area contributed by atoms with Crippen LogP contribution in [0.3, 0.4) is 0 Å². The number of unbranched alkanes of at least 4 members (excludes halogenated alkanes) is 30. The van der Waals surface area contributed by atoms with Crippen LogP contribution >= 0.6 is 0 Å². The Balaban J connectivity index is 2.15. The SMILES string of the molecule is CCCCCCCCCCCCCCCCCCO[C@@H]1O[C@H](COC(=O)CCCN(C)C)C[C@@H]1OCCCCCCCCCCCCCCCCCC. The van der Waals surface area contributed by atoms with Gasteiger partial charge in [0.05, 0.1) is 6.10 Å². The summed E-state index contributed by atoms with van der Waals surface area (Å²) >= 11 is 0. The number of hydrogen-bond acceptors (Lipinski definition) is 6. The lowest BCUT2D eigenvalue weighted by Gasteiger charge is -2.19. The highest BCUT2D eigenvalue weighted by atomic mass is 16.7. The second kappa shape index (κ2) is 39.5. The summed E-state index contributed by atoms with van der Waals surface area (Å²) in [6.07, 6.45) is 45.2. The Hall–Kier alpha value is -0.690. The first-order valence-electron chi connectivity index (χ1n) is 23.8. The molecule has 0 unspecified atom stereocenters. The monoisotopic (exact) mass is 752 g/mol. The lowest BCUT2D eigenvalue weighted by molar-refractivity contribution is -0.184. The molecule has 0 N–H and O–H groups in total. The maximum Gasteiger partial charge on any atom is 0.305 e. The molecule has 0 saturated carbocycles. The van der Waals surface area contributed by atoms with Gasteiger partial charge in [0.15, 0.2) is 6.29 Å². The van der Waals surface area contributed by atoms with Crippen molar-refractivity contribution in [2.24, 2.45) is 0 Å². The van der Waals surface area contributed by atoms with Crippen molar-refractivity contribution < 1.29 is 23.7 Å². The van der Waals surface area contributed by atoms with Gasteiger partial charge in [0.2, 0.25) is 0 Å². The largest absolute Gasteiger partial charge is 0.463 e. The second-order valence-electron chi connectivity index (χ2n) is 16.8. The van der Waals surface area contributed by atoms with Crippen LogP contribution in [0.4, 0.5) is 0 Å². The van der Waals surface area contributed by atoms with Crippen molar-refractivity contribution in [1.82, 2.24) is 4.90 Å². The van der Waals surface area contributed by atoms with Crippen molar-refractivity contribution in [1.29, 1.82) is 0 Å². The number of carbonyl (C=O) groups is 1. The first-order chi connectivity index (χ1) is 26.1. The molecule has 3 atom stereocenters. The second-order valence-corrected chi connectivity index (χ2v) is 16.8. The van der Waals surface area contributed by atoms with Crippen LogP contribution in [0, 0.1) is 0 Å². The van der Waals surface area contributed by atoms with Crippen LogP contribution in [0.15, 0.2) is 0 Å². The van der Waals surface area contributed by atoms with Crippen LogP contribution in [-0.2, 0) is 23.7 Å². The zero-order chi connectivity index (χ0) is 38.3. The van der Waals surface area contributed by atoms with Crippen LogP contribution in [0.1, 0.15) is 239 Å². The molecule has 0 aromatic carbocycles. The van der Waals surface area contributed by atoms with E-state index in [0.29, 0.717) is 19.6 Å². The molecule has 0 bridgehead atoms. The zero-order valence-electron chi connectivity index (χ0n) is 36.3. The van der Waals surface area contributed by atoms with Crippen LogP contribution in [0.2, 0.25) is 0 Å². The van der Waals surface area contributed by atoms with Gasteiger partial charge in [-0.15, -0.1) is 0 Å². The molecule has 6 heteroatoms. The van der Waals surface area contributed by atoms with Crippen LogP contribution in [0.25, 0.3) is 0 Å². The molecule has 0 aromatic heterocycles. The van der Waals surface area contributed by atoms with Gasteiger partial charge in [-0.05, 0) is 39.9 Å². The van der Waals surface area contributed by atoms with Crippen molar-refractivity contribution in [3.63, 3.8) is 0 Å². The first kappa shape index (κ1) is 50.3. The van der Waals surface area contributed by atoms with Crippen LogP contribution in [-0.4, -0.2) is 69.8 Å². The summed E-state index contributed by atoms with van der Waals surface area (Å²) in [4.78, 5) is 14.4. The molecule has 53 heavy (non-hydrogen) atoms. The quantitative estimate of drug-likeness (QED) is 0.0457. The molecule has 1 aliphatic rings. The van der Waals surface area contributed by atoms with Crippen molar-refractivity contribution in [3.05, 3.63) is 0 Å². The Bertz CT molecular complexity index is 702. The van der Waals surface area contributed by atoms with Gasteiger partial charge in [0, 0.05) is 26.1 Å². The molecule has 1 aliphatic heterocycles. The van der Waals surface area contributed by atoms with Gasteiger partial charge in [-0.3, -0.25) is 4.79 Å². The number of esters is 1.